The molecule has 0 heterocycles. The molecule has 0 saturated heterocycles. The minimum Gasteiger partial charge on any atom is -0.506 e. The van der Waals surface area contributed by atoms with Crippen LogP contribution in [-0.2, 0) is 6.54 Å². The van der Waals surface area contributed by atoms with Crippen molar-refractivity contribution in [2.75, 3.05) is 13.1 Å². The predicted molar refractivity (Wildman–Crippen MR) is 69.4 cm³/mol. The molecule has 1 N–H and O–H groups in total. The summed E-state index contributed by atoms with van der Waals surface area (Å²) in [5.74, 6) is 0.139. The molecule has 0 fully saturated rings. The molecule has 0 radical (unpaired) electrons. The Morgan fingerprint density at radius 3 is 2.50 bits per heavy atom. The lowest BCUT2D eigenvalue weighted by atomic mass is 10.2. The van der Waals surface area contributed by atoms with Crippen LogP contribution in [0.5, 0.6) is 5.75 Å². The molecule has 0 aliphatic rings. The van der Waals surface area contributed by atoms with Gasteiger partial charge >= 0.3 is 0 Å². The van der Waals surface area contributed by atoms with Gasteiger partial charge in [0.25, 0.3) is 0 Å². The maximum Gasteiger partial charge on any atom is 0.138 e. The van der Waals surface area contributed by atoms with Crippen molar-refractivity contribution in [3.05, 3.63) is 27.7 Å². The zero-order valence-corrected chi connectivity index (χ0v) is 11.1. The molecule has 0 unspecified atom stereocenters. The second kappa shape index (κ2) is 6.33. The average molecular weight is 262 g/mol. The zero-order valence-electron chi connectivity index (χ0n) is 9.63. The Hall–Kier alpha value is -0.440. The minimum atomic E-state index is 0.139. The van der Waals surface area contributed by atoms with Gasteiger partial charge in [-0.15, -0.1) is 0 Å². The van der Waals surface area contributed by atoms with Gasteiger partial charge in [-0.2, -0.15) is 0 Å². The van der Waals surface area contributed by atoms with Gasteiger partial charge < -0.3 is 5.11 Å². The van der Waals surface area contributed by atoms with E-state index in [0.29, 0.717) is 16.6 Å². The van der Waals surface area contributed by atoms with Crippen LogP contribution in [0.1, 0.15) is 25.8 Å². The number of phenolic OH excluding ortho intramolecular Hbond substituents is 1. The number of nitrogens with zero attached hydrogens (tertiary/aromatic N) is 1. The highest BCUT2D eigenvalue weighted by atomic mass is 35.5. The van der Waals surface area contributed by atoms with Gasteiger partial charge in [-0.25, -0.2) is 0 Å². The number of halogens is 2. The molecule has 16 heavy (non-hydrogen) atoms. The highest BCUT2D eigenvalue weighted by molar-refractivity contribution is 6.35. The van der Waals surface area contributed by atoms with Crippen molar-refractivity contribution in [1.82, 2.24) is 4.90 Å². The van der Waals surface area contributed by atoms with E-state index < -0.39 is 0 Å². The van der Waals surface area contributed by atoms with Crippen LogP contribution in [0.2, 0.25) is 10.0 Å². The summed E-state index contributed by atoms with van der Waals surface area (Å²) in [4.78, 5) is 2.24. The summed E-state index contributed by atoms with van der Waals surface area (Å²) in [6.45, 7) is 6.85. The summed E-state index contributed by atoms with van der Waals surface area (Å²) in [7, 11) is 0. The Balaban J connectivity index is 2.87. The van der Waals surface area contributed by atoms with E-state index in [2.05, 4.69) is 18.7 Å². The minimum absolute atomic E-state index is 0.139. The van der Waals surface area contributed by atoms with Crippen molar-refractivity contribution in [1.29, 1.82) is 0 Å². The summed E-state index contributed by atoms with van der Waals surface area (Å²) >= 11 is 11.8. The first kappa shape index (κ1) is 13.6. The molecule has 1 aromatic carbocycles. The van der Waals surface area contributed by atoms with Gasteiger partial charge in [-0.05, 0) is 31.6 Å². The first-order valence-electron chi connectivity index (χ1n) is 5.47. The number of phenols is 1. The molecule has 0 amide bonds. The largest absolute Gasteiger partial charge is 0.506 e. The fourth-order valence-electron chi connectivity index (χ4n) is 1.65. The monoisotopic (exact) mass is 261 g/mol. The van der Waals surface area contributed by atoms with E-state index in [1.165, 1.54) is 0 Å². The van der Waals surface area contributed by atoms with E-state index in [-0.39, 0.29) is 5.75 Å². The Morgan fingerprint density at radius 1 is 1.25 bits per heavy atom. The highest BCUT2D eigenvalue weighted by Crippen LogP contribution is 2.31. The molecule has 1 rings (SSSR count). The van der Waals surface area contributed by atoms with Crippen LogP contribution in [0.4, 0.5) is 0 Å². The molecule has 2 nitrogen and oxygen atoms in total. The van der Waals surface area contributed by atoms with Gasteiger partial charge in [0.2, 0.25) is 0 Å². The number of aromatic hydroxyl groups is 1. The van der Waals surface area contributed by atoms with Crippen LogP contribution in [-0.4, -0.2) is 23.1 Å². The van der Waals surface area contributed by atoms with Crippen LogP contribution >= 0.6 is 23.2 Å². The molecule has 90 valence electrons. The molecule has 0 bridgehead atoms. The lowest BCUT2D eigenvalue weighted by molar-refractivity contribution is 0.276. The van der Waals surface area contributed by atoms with Crippen molar-refractivity contribution in [2.24, 2.45) is 0 Å². The van der Waals surface area contributed by atoms with E-state index in [1.807, 2.05) is 0 Å². The van der Waals surface area contributed by atoms with E-state index in [1.54, 1.807) is 12.1 Å². The average Bonchev–Trinajstić information content (AvgIpc) is 2.24. The van der Waals surface area contributed by atoms with Gasteiger partial charge in [0.05, 0.1) is 5.02 Å². The predicted octanol–water partition coefficient (Wildman–Crippen LogP) is 3.93. The van der Waals surface area contributed by atoms with Gasteiger partial charge in [-0.3, -0.25) is 4.90 Å². The number of benzene rings is 1. The van der Waals surface area contributed by atoms with Gasteiger partial charge in [-0.1, -0.05) is 37.0 Å². The van der Waals surface area contributed by atoms with Crippen molar-refractivity contribution in [3.63, 3.8) is 0 Å². The smallest absolute Gasteiger partial charge is 0.138 e. The molecule has 1 aromatic rings. The van der Waals surface area contributed by atoms with Crippen LogP contribution < -0.4 is 0 Å². The maximum atomic E-state index is 9.82. The summed E-state index contributed by atoms with van der Waals surface area (Å²) in [5.41, 5.74) is 0.785. The van der Waals surface area contributed by atoms with Crippen molar-refractivity contribution < 1.29 is 5.11 Å². The molecular weight excluding hydrogens is 245 g/mol. The molecule has 0 spiro atoms. The van der Waals surface area contributed by atoms with E-state index in [4.69, 9.17) is 23.2 Å². The lowest BCUT2D eigenvalue weighted by Crippen LogP contribution is -2.23. The summed E-state index contributed by atoms with van der Waals surface area (Å²) in [5, 5.41) is 10.7. The fourth-order valence-corrected chi connectivity index (χ4v) is 2.18. The number of hydrogen-bond acceptors (Lipinski definition) is 2. The van der Waals surface area contributed by atoms with Crippen molar-refractivity contribution >= 4 is 23.2 Å². The molecule has 4 heteroatoms. The zero-order chi connectivity index (χ0) is 12.1. The summed E-state index contributed by atoms with van der Waals surface area (Å²) in [6.07, 6.45) is 1.09. The molecular formula is C12H17Cl2NO. The van der Waals surface area contributed by atoms with Gasteiger partial charge in [0.1, 0.15) is 5.75 Å². The van der Waals surface area contributed by atoms with Gasteiger partial charge in [0, 0.05) is 17.1 Å². The van der Waals surface area contributed by atoms with E-state index >= 15 is 0 Å². The fraction of sp³-hybridized carbons (Fsp3) is 0.500. The molecule has 0 saturated carbocycles. The Bertz CT molecular complexity index is 355. The third-order valence-electron chi connectivity index (χ3n) is 2.49. The Morgan fingerprint density at radius 2 is 1.94 bits per heavy atom. The Kier molecular flexibility index (Phi) is 5.39. The first-order valence-corrected chi connectivity index (χ1v) is 6.23. The molecule has 0 aliphatic carbocycles. The Labute approximate surface area is 107 Å². The van der Waals surface area contributed by atoms with Crippen LogP contribution in [0.25, 0.3) is 0 Å². The van der Waals surface area contributed by atoms with Crippen molar-refractivity contribution in [3.8, 4) is 5.75 Å². The summed E-state index contributed by atoms with van der Waals surface area (Å²) in [6, 6.07) is 3.32. The number of rotatable bonds is 5. The maximum absolute atomic E-state index is 9.82. The lowest BCUT2D eigenvalue weighted by Gasteiger charge is -2.20. The van der Waals surface area contributed by atoms with E-state index in [9.17, 15) is 5.11 Å². The second-order valence-corrected chi connectivity index (χ2v) is 4.61. The van der Waals surface area contributed by atoms with E-state index in [0.717, 1.165) is 25.1 Å². The van der Waals surface area contributed by atoms with Crippen molar-refractivity contribution in [2.45, 2.75) is 26.8 Å². The molecule has 0 aromatic heterocycles. The van der Waals surface area contributed by atoms with Crippen LogP contribution in [0, 0.1) is 0 Å². The quantitative estimate of drug-likeness (QED) is 0.869. The van der Waals surface area contributed by atoms with Gasteiger partial charge in [0.15, 0.2) is 0 Å². The number of hydrogen-bond donors (Lipinski definition) is 1. The third kappa shape index (κ3) is 3.55. The second-order valence-electron chi connectivity index (χ2n) is 3.76. The van der Waals surface area contributed by atoms with Crippen LogP contribution in [0.15, 0.2) is 12.1 Å². The summed E-state index contributed by atoms with van der Waals surface area (Å²) < 4.78 is 0. The molecule has 0 aliphatic heterocycles. The third-order valence-corrected chi connectivity index (χ3v) is 2.99. The SMILES string of the molecule is CCCN(CC)Cc1cc(Cl)cc(Cl)c1O. The standard InChI is InChI=1S/C12H17Cl2NO/c1-3-5-15(4-2)8-9-6-10(13)7-11(14)12(9)16/h6-7,16H,3-5,8H2,1-2H3. The van der Waals surface area contributed by atoms with Crippen LogP contribution in [0.3, 0.4) is 0 Å². The topological polar surface area (TPSA) is 23.5 Å². The first-order chi connectivity index (χ1) is 7.58. The molecule has 0 atom stereocenters. The normalized spacial score (nSPS) is 11.1. The highest BCUT2D eigenvalue weighted by Gasteiger charge is 2.10.